The van der Waals surface area contributed by atoms with Gasteiger partial charge in [0, 0.05) is 6.61 Å². The van der Waals surface area contributed by atoms with Gasteiger partial charge in [-0.05, 0) is 32.1 Å². The highest BCUT2D eigenvalue weighted by Gasteiger charge is 1.90. The normalized spacial score (nSPS) is 10.8. The van der Waals surface area contributed by atoms with Crippen LogP contribution in [-0.4, -0.2) is 35.1 Å². The molecule has 0 aromatic heterocycles. The van der Waals surface area contributed by atoms with Crippen LogP contribution in [0.3, 0.4) is 0 Å². The molecule has 0 unspecified atom stereocenters. The molecule has 0 saturated carbocycles. The second kappa shape index (κ2) is 26.5. The van der Waals surface area contributed by atoms with Crippen molar-refractivity contribution in [1.29, 1.82) is 0 Å². The van der Waals surface area contributed by atoms with Crippen molar-refractivity contribution in [1.82, 2.24) is 0 Å². The Morgan fingerprint density at radius 3 is 1.26 bits per heavy atom. The second-order valence-electron chi connectivity index (χ2n) is 6.11. The molecule has 140 valence electrons. The highest BCUT2D eigenvalue weighted by Crippen LogP contribution is 2.09. The van der Waals surface area contributed by atoms with Crippen LogP contribution in [-0.2, 0) is 0 Å². The molecule has 0 saturated heterocycles. The Balaban J connectivity index is 0. The van der Waals surface area contributed by atoms with E-state index in [1.807, 2.05) is 0 Å². The summed E-state index contributed by atoms with van der Waals surface area (Å²) < 4.78 is 0. The number of allylic oxidation sites excluding steroid dienone is 2. The van der Waals surface area contributed by atoms with E-state index >= 15 is 0 Å². The average molecular weight is 331 g/mol. The lowest BCUT2D eigenvalue weighted by Crippen LogP contribution is -1.85. The van der Waals surface area contributed by atoms with Crippen LogP contribution in [0.15, 0.2) is 12.2 Å². The van der Waals surface area contributed by atoms with Crippen LogP contribution in [0.4, 0.5) is 0 Å². The minimum atomic E-state index is -0.125. The lowest BCUT2D eigenvalue weighted by atomic mass is 10.1. The van der Waals surface area contributed by atoms with Crippen molar-refractivity contribution in [2.75, 3.05) is 19.8 Å². The van der Waals surface area contributed by atoms with E-state index in [1.54, 1.807) is 0 Å². The second-order valence-corrected chi connectivity index (χ2v) is 6.11. The van der Waals surface area contributed by atoms with Crippen LogP contribution in [0.5, 0.6) is 0 Å². The van der Waals surface area contributed by atoms with Crippen LogP contribution < -0.4 is 0 Å². The highest BCUT2D eigenvalue weighted by molar-refractivity contribution is 4.81. The average Bonchev–Trinajstić information content (AvgIpc) is 2.58. The van der Waals surface area contributed by atoms with Gasteiger partial charge in [0.25, 0.3) is 0 Å². The van der Waals surface area contributed by atoms with E-state index in [-0.39, 0.29) is 13.2 Å². The summed E-state index contributed by atoms with van der Waals surface area (Å²) in [6, 6.07) is 0. The highest BCUT2D eigenvalue weighted by atomic mass is 16.3. The summed E-state index contributed by atoms with van der Waals surface area (Å²) in [7, 11) is 0. The van der Waals surface area contributed by atoms with E-state index in [4.69, 9.17) is 15.3 Å². The van der Waals surface area contributed by atoms with Gasteiger partial charge in [0.05, 0.1) is 13.2 Å². The van der Waals surface area contributed by atoms with Crippen LogP contribution in [0.2, 0.25) is 0 Å². The van der Waals surface area contributed by atoms with Gasteiger partial charge in [-0.2, -0.15) is 0 Å². The Bertz CT molecular complexity index is 203. The molecule has 0 atom stereocenters. The molecule has 3 nitrogen and oxygen atoms in total. The third-order valence-electron chi connectivity index (χ3n) is 3.77. The summed E-state index contributed by atoms with van der Waals surface area (Å²) in [6.45, 7) is 2.39. The Morgan fingerprint density at radius 1 is 0.478 bits per heavy atom. The lowest BCUT2D eigenvalue weighted by Gasteiger charge is -1.99. The smallest absolute Gasteiger partial charge is 0.0662 e. The number of hydrogen-bond acceptors (Lipinski definition) is 3. The molecule has 0 heterocycles. The fourth-order valence-electron chi connectivity index (χ4n) is 2.36. The zero-order valence-electron chi connectivity index (χ0n) is 15.5. The first-order valence-corrected chi connectivity index (χ1v) is 9.81. The SMILES string of the molecule is CCCCCCCC/C=C\CCCCCCCCO.OCCO. The van der Waals surface area contributed by atoms with Gasteiger partial charge in [0.1, 0.15) is 0 Å². The summed E-state index contributed by atoms with van der Waals surface area (Å²) in [5.41, 5.74) is 0. The van der Waals surface area contributed by atoms with E-state index in [0.29, 0.717) is 6.61 Å². The van der Waals surface area contributed by atoms with Crippen molar-refractivity contribution < 1.29 is 15.3 Å². The van der Waals surface area contributed by atoms with E-state index in [0.717, 1.165) is 6.42 Å². The van der Waals surface area contributed by atoms with Gasteiger partial charge in [0.2, 0.25) is 0 Å². The molecule has 0 aliphatic carbocycles. The first-order valence-electron chi connectivity index (χ1n) is 9.81. The monoisotopic (exact) mass is 330 g/mol. The molecule has 0 aromatic rings. The first-order chi connectivity index (χ1) is 11.3. The Morgan fingerprint density at radius 2 is 0.870 bits per heavy atom. The standard InChI is InChI=1S/C18H36O.C2H6O2/c1-2-3-4-5-6-7-8-9-10-11-12-13-14-15-16-17-18-19;3-1-2-4/h9-10,19H,2-8,11-18H2,1H3;3-4H,1-2H2/b10-9-;. The van der Waals surface area contributed by atoms with Gasteiger partial charge in [-0.25, -0.2) is 0 Å². The van der Waals surface area contributed by atoms with Crippen molar-refractivity contribution in [2.24, 2.45) is 0 Å². The third kappa shape index (κ3) is 30.1. The molecule has 0 radical (unpaired) electrons. The van der Waals surface area contributed by atoms with E-state index in [1.165, 1.54) is 83.5 Å². The number of aliphatic hydroxyl groups excluding tert-OH is 3. The number of unbranched alkanes of at least 4 members (excludes halogenated alkanes) is 12. The van der Waals surface area contributed by atoms with Gasteiger partial charge in [0.15, 0.2) is 0 Å². The number of hydrogen-bond donors (Lipinski definition) is 3. The fraction of sp³-hybridized carbons (Fsp3) is 0.900. The minimum Gasteiger partial charge on any atom is -0.396 e. The van der Waals surface area contributed by atoms with E-state index in [2.05, 4.69) is 19.1 Å². The number of rotatable bonds is 16. The van der Waals surface area contributed by atoms with Crippen LogP contribution >= 0.6 is 0 Å². The molecule has 0 bridgehead atoms. The van der Waals surface area contributed by atoms with E-state index in [9.17, 15) is 0 Å². The minimum absolute atomic E-state index is 0.125. The predicted molar refractivity (Wildman–Crippen MR) is 101 cm³/mol. The van der Waals surface area contributed by atoms with Gasteiger partial charge >= 0.3 is 0 Å². The van der Waals surface area contributed by atoms with Crippen molar-refractivity contribution in [3.8, 4) is 0 Å². The van der Waals surface area contributed by atoms with E-state index < -0.39 is 0 Å². The molecule has 3 heteroatoms. The van der Waals surface area contributed by atoms with Gasteiger partial charge < -0.3 is 15.3 Å². The van der Waals surface area contributed by atoms with Crippen LogP contribution in [0.25, 0.3) is 0 Å². The summed E-state index contributed by atoms with van der Waals surface area (Å²) in [5, 5.41) is 23.9. The molecule has 0 spiro atoms. The van der Waals surface area contributed by atoms with Gasteiger partial charge in [-0.15, -0.1) is 0 Å². The van der Waals surface area contributed by atoms with Crippen molar-refractivity contribution in [3.63, 3.8) is 0 Å². The molecule has 0 fully saturated rings. The van der Waals surface area contributed by atoms with Gasteiger partial charge in [-0.1, -0.05) is 76.9 Å². The van der Waals surface area contributed by atoms with Crippen molar-refractivity contribution in [2.45, 2.75) is 96.8 Å². The Labute approximate surface area is 144 Å². The largest absolute Gasteiger partial charge is 0.396 e. The summed E-state index contributed by atoms with van der Waals surface area (Å²) in [4.78, 5) is 0. The number of aliphatic hydroxyl groups is 3. The maximum Gasteiger partial charge on any atom is 0.0662 e. The fourth-order valence-corrected chi connectivity index (χ4v) is 2.36. The maximum absolute atomic E-state index is 8.66. The molecule has 0 aliphatic rings. The molecule has 0 rings (SSSR count). The Hall–Kier alpha value is -0.380. The molecule has 0 aliphatic heterocycles. The quantitative estimate of drug-likeness (QED) is 0.276. The molecule has 23 heavy (non-hydrogen) atoms. The zero-order valence-corrected chi connectivity index (χ0v) is 15.5. The summed E-state index contributed by atoms with van der Waals surface area (Å²) >= 11 is 0. The topological polar surface area (TPSA) is 60.7 Å². The van der Waals surface area contributed by atoms with Crippen LogP contribution in [0, 0.1) is 0 Å². The predicted octanol–water partition coefficient (Wildman–Crippen LogP) is 4.99. The van der Waals surface area contributed by atoms with Crippen LogP contribution in [0.1, 0.15) is 96.8 Å². The van der Waals surface area contributed by atoms with Crippen molar-refractivity contribution >= 4 is 0 Å². The maximum atomic E-state index is 8.66. The first kappa shape index (κ1) is 24.9. The van der Waals surface area contributed by atoms with Gasteiger partial charge in [-0.3, -0.25) is 0 Å². The van der Waals surface area contributed by atoms with Crippen molar-refractivity contribution in [3.05, 3.63) is 12.2 Å². The molecular formula is C20H42O3. The zero-order chi connectivity index (χ0) is 17.4. The summed E-state index contributed by atoms with van der Waals surface area (Å²) in [5.74, 6) is 0. The lowest BCUT2D eigenvalue weighted by molar-refractivity contribution is 0.186. The Kier molecular flexibility index (Phi) is 28.7. The molecular weight excluding hydrogens is 288 g/mol. The molecule has 0 amide bonds. The summed E-state index contributed by atoms with van der Waals surface area (Å²) in [6.07, 6.45) is 23.2. The third-order valence-corrected chi connectivity index (χ3v) is 3.77. The molecule has 0 aromatic carbocycles. The molecule has 3 N–H and O–H groups in total.